The normalized spacial score (nSPS) is 12.9. The first-order valence-electron chi connectivity index (χ1n) is 15.1. The fraction of sp³-hybridized carbons (Fsp3) is 0.289. The highest BCUT2D eigenvalue weighted by Gasteiger charge is 2.42. The molecular formula is C38H43N3O4. The first kappa shape index (κ1) is 33.0. The average Bonchev–Trinajstić information content (AvgIpc) is 2.98. The van der Waals surface area contributed by atoms with Gasteiger partial charge in [0, 0.05) is 17.6 Å². The molecule has 2 N–H and O–H groups in total. The van der Waals surface area contributed by atoms with Gasteiger partial charge in [-0.2, -0.15) is 0 Å². The Kier molecular flexibility index (Phi) is 10.1. The fourth-order valence-electron chi connectivity index (χ4n) is 5.26. The van der Waals surface area contributed by atoms with Crippen LogP contribution in [0.4, 0.5) is 10.5 Å². The Hall–Kier alpha value is -4.91. The van der Waals surface area contributed by atoms with Gasteiger partial charge in [-0.3, -0.25) is 9.59 Å². The quantitative estimate of drug-likeness (QED) is 0.203. The lowest BCUT2D eigenvalue weighted by Gasteiger charge is -2.43. The number of rotatable bonds is 9. The Balaban J connectivity index is 1.79. The summed E-state index contributed by atoms with van der Waals surface area (Å²) < 4.78 is 5.55. The second-order valence-corrected chi connectivity index (χ2v) is 13.1. The Labute approximate surface area is 266 Å². The maximum Gasteiger partial charge on any atom is 0.408 e. The number of carbonyl (C=O) groups excluding carboxylic acids is 3. The van der Waals surface area contributed by atoms with Crippen LogP contribution in [-0.2, 0) is 20.7 Å². The van der Waals surface area contributed by atoms with E-state index in [0.717, 1.165) is 21.9 Å². The molecule has 7 heteroatoms. The monoisotopic (exact) mass is 605 g/mol. The zero-order valence-electron chi connectivity index (χ0n) is 27.0. The molecule has 2 atom stereocenters. The zero-order chi connectivity index (χ0) is 32.8. The summed E-state index contributed by atoms with van der Waals surface area (Å²) in [5.41, 5.74) is 1.29. The van der Waals surface area contributed by atoms with Crippen LogP contribution in [-0.4, -0.2) is 40.0 Å². The predicted octanol–water partition coefficient (Wildman–Crippen LogP) is 7.93. The van der Waals surface area contributed by atoms with Gasteiger partial charge in [-0.15, -0.1) is 0 Å². The van der Waals surface area contributed by atoms with Crippen LogP contribution in [0, 0.1) is 0 Å². The van der Waals surface area contributed by atoms with Gasteiger partial charge in [0.25, 0.3) is 5.91 Å². The van der Waals surface area contributed by atoms with Crippen molar-refractivity contribution in [3.05, 3.63) is 120 Å². The number of amides is 3. The van der Waals surface area contributed by atoms with Gasteiger partial charge in [-0.25, -0.2) is 4.79 Å². The van der Waals surface area contributed by atoms with Crippen molar-refractivity contribution >= 4 is 40.4 Å². The van der Waals surface area contributed by atoms with E-state index in [1.165, 1.54) is 0 Å². The molecule has 0 aliphatic carbocycles. The highest BCUT2D eigenvalue weighted by Crippen LogP contribution is 2.32. The zero-order valence-corrected chi connectivity index (χ0v) is 27.0. The number of carbonyl (C=O) groups is 3. The number of anilines is 1. The molecule has 7 nitrogen and oxygen atoms in total. The summed E-state index contributed by atoms with van der Waals surface area (Å²) in [6.45, 7) is 14.8. The first-order valence-corrected chi connectivity index (χ1v) is 15.1. The second-order valence-electron chi connectivity index (χ2n) is 13.1. The molecule has 3 amide bonds. The second kappa shape index (κ2) is 13.8. The molecule has 0 bridgehead atoms. The van der Waals surface area contributed by atoms with Gasteiger partial charge in [0.2, 0.25) is 5.91 Å². The van der Waals surface area contributed by atoms with E-state index >= 15 is 0 Å². The van der Waals surface area contributed by atoms with Crippen molar-refractivity contribution in [3.8, 4) is 0 Å². The third-order valence-electron chi connectivity index (χ3n) is 7.22. The highest BCUT2D eigenvalue weighted by atomic mass is 16.6. The summed E-state index contributed by atoms with van der Waals surface area (Å²) in [5, 5.41) is 7.91. The van der Waals surface area contributed by atoms with Crippen LogP contribution in [0.3, 0.4) is 0 Å². The van der Waals surface area contributed by atoms with Crippen LogP contribution >= 0.6 is 0 Å². The number of ether oxygens (including phenoxy) is 1. The Morgan fingerprint density at radius 3 is 2.13 bits per heavy atom. The number of nitrogens with zero attached hydrogens (tertiary/aromatic N) is 1. The molecule has 4 aromatic carbocycles. The minimum atomic E-state index is -1.04. The van der Waals surface area contributed by atoms with Crippen molar-refractivity contribution in [1.82, 2.24) is 10.2 Å². The molecule has 4 rings (SSSR count). The highest BCUT2D eigenvalue weighted by molar-refractivity contribution is 6.00. The van der Waals surface area contributed by atoms with Crippen molar-refractivity contribution in [2.24, 2.45) is 0 Å². The van der Waals surface area contributed by atoms with Gasteiger partial charge in [0.1, 0.15) is 17.7 Å². The SMILES string of the molecule is C=Cc1cccc(C(C(=O)Nc2ccc3ccccc3c2)N(C(=O)C(Cc2ccccc2)NC(=O)OC(C)(C)C)C(C)(C)C)c1. The summed E-state index contributed by atoms with van der Waals surface area (Å²) in [5.74, 6) is -0.801. The van der Waals surface area contributed by atoms with Crippen molar-refractivity contribution < 1.29 is 19.1 Å². The standard InChI is InChI=1S/C38H43N3O4/c1-8-26-17-14-20-30(23-26)33(34(42)39-31-22-21-28-18-12-13-19-29(28)25-31)41(37(2,3)4)35(43)32(24-27-15-10-9-11-16-27)40-36(44)45-38(5,6)7/h8-23,25,32-33H,1,24H2,2-7H3,(H,39,42)(H,40,44). The van der Waals surface area contributed by atoms with Gasteiger partial charge in [0.05, 0.1) is 0 Å². The van der Waals surface area contributed by atoms with E-state index in [0.29, 0.717) is 11.3 Å². The van der Waals surface area contributed by atoms with Crippen molar-refractivity contribution in [2.45, 2.75) is 71.2 Å². The van der Waals surface area contributed by atoms with Crippen molar-refractivity contribution in [3.63, 3.8) is 0 Å². The largest absolute Gasteiger partial charge is 0.444 e. The summed E-state index contributed by atoms with van der Waals surface area (Å²) in [6.07, 6.45) is 1.20. The molecular weight excluding hydrogens is 562 g/mol. The van der Waals surface area contributed by atoms with E-state index in [9.17, 15) is 14.4 Å². The lowest BCUT2D eigenvalue weighted by Crippen LogP contribution is -2.58. The molecule has 2 unspecified atom stereocenters. The van der Waals surface area contributed by atoms with Crippen LogP contribution in [0.25, 0.3) is 16.8 Å². The molecule has 0 aliphatic rings. The molecule has 0 aliphatic heterocycles. The van der Waals surface area contributed by atoms with Gasteiger partial charge in [0.15, 0.2) is 0 Å². The minimum Gasteiger partial charge on any atom is -0.444 e. The van der Waals surface area contributed by atoms with Gasteiger partial charge in [-0.05, 0) is 87.2 Å². The van der Waals surface area contributed by atoms with E-state index in [2.05, 4.69) is 17.2 Å². The lowest BCUT2D eigenvalue weighted by molar-refractivity contribution is -0.146. The smallest absolute Gasteiger partial charge is 0.408 e. The van der Waals surface area contributed by atoms with Crippen molar-refractivity contribution in [2.75, 3.05) is 5.32 Å². The van der Waals surface area contributed by atoms with Crippen LogP contribution < -0.4 is 10.6 Å². The molecule has 0 spiro atoms. The molecule has 0 saturated carbocycles. The summed E-state index contributed by atoms with van der Waals surface area (Å²) in [4.78, 5) is 43.8. The van der Waals surface area contributed by atoms with E-state index in [1.807, 2.05) is 118 Å². The Bertz CT molecular complexity index is 1670. The van der Waals surface area contributed by atoms with E-state index in [4.69, 9.17) is 4.74 Å². The summed E-state index contributed by atoms with van der Waals surface area (Å²) in [6, 6.07) is 28.4. The number of hydrogen-bond donors (Lipinski definition) is 2. The van der Waals surface area contributed by atoms with Crippen LogP contribution in [0.5, 0.6) is 0 Å². The number of nitrogens with one attached hydrogen (secondary N) is 2. The van der Waals surface area contributed by atoms with Crippen LogP contribution in [0.1, 0.15) is 64.3 Å². The molecule has 234 valence electrons. The van der Waals surface area contributed by atoms with E-state index in [1.54, 1.807) is 31.7 Å². The molecule has 0 fully saturated rings. The molecule has 0 aromatic heterocycles. The number of benzene rings is 4. The van der Waals surface area contributed by atoms with Crippen LogP contribution in [0.2, 0.25) is 0 Å². The molecule has 45 heavy (non-hydrogen) atoms. The predicted molar refractivity (Wildman–Crippen MR) is 182 cm³/mol. The van der Waals surface area contributed by atoms with Gasteiger partial charge >= 0.3 is 6.09 Å². The third-order valence-corrected chi connectivity index (χ3v) is 7.22. The Morgan fingerprint density at radius 1 is 0.822 bits per heavy atom. The van der Waals surface area contributed by atoms with Crippen LogP contribution in [0.15, 0.2) is 104 Å². The maximum absolute atomic E-state index is 14.8. The lowest BCUT2D eigenvalue weighted by atomic mass is 9.93. The van der Waals surface area contributed by atoms with E-state index < -0.39 is 35.2 Å². The third kappa shape index (κ3) is 8.82. The first-order chi connectivity index (χ1) is 21.2. The summed E-state index contributed by atoms with van der Waals surface area (Å²) in [7, 11) is 0. The minimum absolute atomic E-state index is 0.206. The molecule has 0 saturated heterocycles. The topological polar surface area (TPSA) is 87.7 Å². The average molecular weight is 606 g/mol. The van der Waals surface area contributed by atoms with E-state index in [-0.39, 0.29) is 12.3 Å². The number of alkyl carbamates (subject to hydrolysis) is 1. The molecule has 0 heterocycles. The Morgan fingerprint density at radius 2 is 1.49 bits per heavy atom. The maximum atomic E-state index is 14.8. The van der Waals surface area contributed by atoms with Gasteiger partial charge in [-0.1, -0.05) is 91.5 Å². The number of hydrogen-bond acceptors (Lipinski definition) is 4. The molecule has 0 radical (unpaired) electrons. The summed E-state index contributed by atoms with van der Waals surface area (Å²) >= 11 is 0. The van der Waals surface area contributed by atoms with Crippen molar-refractivity contribution in [1.29, 1.82) is 0 Å². The number of fused-ring (bicyclic) bond motifs is 1. The molecule has 4 aromatic rings. The van der Waals surface area contributed by atoms with Gasteiger partial charge < -0.3 is 20.3 Å². The fourth-order valence-corrected chi connectivity index (χ4v) is 5.26.